The van der Waals surface area contributed by atoms with E-state index in [9.17, 15) is 14.9 Å². The van der Waals surface area contributed by atoms with Crippen LogP contribution in [-0.4, -0.2) is 25.6 Å². The predicted octanol–water partition coefficient (Wildman–Crippen LogP) is 6.88. The van der Waals surface area contributed by atoms with Crippen LogP contribution in [0.5, 0.6) is 5.75 Å². The van der Waals surface area contributed by atoms with Crippen molar-refractivity contribution in [2.45, 2.75) is 24.8 Å². The van der Waals surface area contributed by atoms with Crippen LogP contribution in [0.15, 0.2) is 82.7 Å². The highest BCUT2D eigenvalue weighted by atomic mass is 32.2. The average molecular weight is 563 g/mol. The average Bonchev–Trinajstić information content (AvgIpc) is 3.25. The largest absolute Gasteiger partial charge is 0.494 e. The molecule has 0 unspecified atom stereocenters. The molecule has 0 atom stereocenters. The molecule has 5 rings (SSSR count). The Balaban J connectivity index is 1.66. The van der Waals surface area contributed by atoms with Gasteiger partial charge in [-0.15, -0.1) is 0 Å². The molecule has 2 aromatic heterocycles. The third kappa shape index (κ3) is 5.13. The van der Waals surface area contributed by atoms with E-state index in [-0.39, 0.29) is 11.2 Å². The number of ether oxygens (including phenoxy) is 1. The van der Waals surface area contributed by atoms with Gasteiger partial charge >= 0.3 is 0 Å². The van der Waals surface area contributed by atoms with Crippen LogP contribution in [0.2, 0.25) is 0 Å². The third-order valence-electron chi connectivity index (χ3n) is 5.76. The summed E-state index contributed by atoms with van der Waals surface area (Å²) in [6.07, 6.45) is 0. The third-order valence-corrected chi connectivity index (χ3v) is 8.13. The molecule has 0 amide bonds. The number of nitro benzene ring substituents is 1. The van der Waals surface area contributed by atoms with Crippen LogP contribution in [-0.2, 0) is 5.75 Å². The first-order chi connectivity index (χ1) is 18.4. The number of fused-ring (bicyclic) bond motifs is 1. The standard InChI is InChI=1S/C27H22N4O4S3/c1-3-35-22-13-11-19(12-14-22)29-24-23(38-27(29)36)25(32)30(20-9-7-17(2)8-10-20)26(28-24)37-16-18-5-4-6-21(15-18)31(33)34/h4-15H,3,16H2,1-2H3. The van der Waals surface area contributed by atoms with Gasteiger partial charge < -0.3 is 4.74 Å². The second-order valence-corrected chi connectivity index (χ2v) is 11.0. The van der Waals surface area contributed by atoms with Crippen molar-refractivity contribution in [2.75, 3.05) is 6.61 Å². The maximum Gasteiger partial charge on any atom is 0.278 e. The first-order valence-electron chi connectivity index (χ1n) is 11.7. The molecule has 0 N–H and O–H groups in total. The zero-order valence-corrected chi connectivity index (χ0v) is 22.9. The van der Waals surface area contributed by atoms with Crippen molar-refractivity contribution in [1.29, 1.82) is 0 Å². The molecule has 11 heteroatoms. The molecule has 0 saturated heterocycles. The highest BCUT2D eigenvalue weighted by molar-refractivity contribution is 7.98. The number of aryl methyl sites for hydroxylation is 1. The minimum atomic E-state index is -0.420. The van der Waals surface area contributed by atoms with E-state index in [1.54, 1.807) is 15.2 Å². The molecule has 3 aromatic carbocycles. The molecule has 0 spiro atoms. The number of thiazole rings is 1. The fourth-order valence-corrected chi connectivity index (χ4v) is 6.20. The van der Waals surface area contributed by atoms with Gasteiger partial charge in [0.1, 0.15) is 10.4 Å². The molecule has 0 fully saturated rings. The van der Waals surface area contributed by atoms with E-state index in [1.807, 2.05) is 68.4 Å². The Bertz CT molecular complexity index is 1760. The smallest absolute Gasteiger partial charge is 0.278 e. The van der Waals surface area contributed by atoms with Crippen molar-refractivity contribution in [1.82, 2.24) is 14.1 Å². The molecular weight excluding hydrogens is 541 g/mol. The summed E-state index contributed by atoms with van der Waals surface area (Å²) < 4.78 is 9.89. The number of nitro groups is 1. The van der Waals surface area contributed by atoms with E-state index in [4.69, 9.17) is 21.9 Å². The highest BCUT2D eigenvalue weighted by Crippen LogP contribution is 2.30. The molecule has 0 saturated carbocycles. The van der Waals surface area contributed by atoms with Crippen LogP contribution in [0.3, 0.4) is 0 Å². The van der Waals surface area contributed by atoms with Crippen LogP contribution >= 0.6 is 35.3 Å². The topological polar surface area (TPSA) is 92.2 Å². The Morgan fingerprint density at radius 2 is 1.74 bits per heavy atom. The van der Waals surface area contributed by atoms with E-state index >= 15 is 0 Å². The van der Waals surface area contributed by atoms with Gasteiger partial charge in [-0.25, -0.2) is 4.98 Å². The van der Waals surface area contributed by atoms with Gasteiger partial charge in [-0.05, 0) is 68.0 Å². The Kier molecular flexibility index (Phi) is 7.41. The molecule has 0 bridgehead atoms. The molecule has 8 nitrogen and oxygen atoms in total. The zero-order chi connectivity index (χ0) is 26.8. The summed E-state index contributed by atoms with van der Waals surface area (Å²) in [4.78, 5) is 29.6. The molecule has 0 aliphatic carbocycles. The van der Waals surface area contributed by atoms with Gasteiger partial charge in [0.25, 0.3) is 11.2 Å². The summed E-state index contributed by atoms with van der Waals surface area (Å²) in [6.45, 7) is 4.46. The number of hydrogen-bond acceptors (Lipinski definition) is 8. The first-order valence-corrected chi connectivity index (χ1v) is 13.9. The van der Waals surface area contributed by atoms with Crippen LogP contribution in [0.1, 0.15) is 18.1 Å². The molecule has 0 aliphatic rings. The molecule has 0 aliphatic heterocycles. The highest BCUT2D eigenvalue weighted by Gasteiger charge is 2.19. The van der Waals surface area contributed by atoms with Crippen molar-refractivity contribution >= 4 is 51.4 Å². The molecular formula is C27H22N4O4S3. The second-order valence-electron chi connectivity index (χ2n) is 8.37. The SMILES string of the molecule is CCOc1ccc(-n2c(=S)sc3c(=O)n(-c4ccc(C)cc4)c(SCc4cccc([N+](=O)[O-])c4)nc32)cc1. The van der Waals surface area contributed by atoms with Crippen LogP contribution < -0.4 is 10.3 Å². The van der Waals surface area contributed by atoms with Crippen molar-refractivity contribution in [3.05, 3.63) is 108 Å². The molecule has 5 aromatic rings. The van der Waals surface area contributed by atoms with Crippen molar-refractivity contribution in [3.63, 3.8) is 0 Å². The van der Waals surface area contributed by atoms with E-state index < -0.39 is 4.92 Å². The summed E-state index contributed by atoms with van der Waals surface area (Å²) in [7, 11) is 0. The summed E-state index contributed by atoms with van der Waals surface area (Å²) >= 11 is 8.23. The van der Waals surface area contributed by atoms with Crippen LogP contribution in [0.25, 0.3) is 21.7 Å². The number of nitrogens with zero attached hydrogens (tertiary/aromatic N) is 4. The Morgan fingerprint density at radius 3 is 2.42 bits per heavy atom. The van der Waals surface area contributed by atoms with E-state index in [1.165, 1.54) is 35.2 Å². The maximum absolute atomic E-state index is 13.9. The van der Waals surface area contributed by atoms with Gasteiger partial charge in [0.05, 0.1) is 17.2 Å². The second kappa shape index (κ2) is 10.9. The lowest BCUT2D eigenvalue weighted by Gasteiger charge is -2.13. The van der Waals surface area contributed by atoms with Crippen molar-refractivity contribution in [2.24, 2.45) is 0 Å². The van der Waals surface area contributed by atoms with Crippen LogP contribution in [0.4, 0.5) is 5.69 Å². The predicted molar refractivity (Wildman–Crippen MR) is 154 cm³/mol. The summed E-state index contributed by atoms with van der Waals surface area (Å²) in [5, 5.41) is 11.7. The quantitative estimate of drug-likeness (QED) is 0.0669. The Labute approximate surface area is 231 Å². The fourth-order valence-electron chi connectivity index (χ4n) is 3.95. The summed E-state index contributed by atoms with van der Waals surface area (Å²) in [6, 6.07) is 21.6. The number of non-ortho nitro benzene ring substituents is 1. The fraction of sp³-hybridized carbons (Fsp3) is 0.148. The minimum absolute atomic E-state index is 0.0179. The zero-order valence-electron chi connectivity index (χ0n) is 20.5. The van der Waals surface area contributed by atoms with Gasteiger partial charge in [0.2, 0.25) is 0 Å². The lowest BCUT2D eigenvalue weighted by Crippen LogP contribution is -2.21. The molecule has 192 valence electrons. The Hall–Kier alpha value is -3.80. The van der Waals surface area contributed by atoms with Crippen molar-refractivity contribution < 1.29 is 9.66 Å². The normalized spacial score (nSPS) is 11.1. The van der Waals surface area contributed by atoms with Crippen molar-refractivity contribution in [3.8, 4) is 17.1 Å². The van der Waals surface area contributed by atoms with Gasteiger partial charge in [0.15, 0.2) is 14.8 Å². The lowest BCUT2D eigenvalue weighted by molar-refractivity contribution is -0.384. The number of hydrogen-bond donors (Lipinski definition) is 0. The summed E-state index contributed by atoms with van der Waals surface area (Å²) in [5.41, 5.74) is 3.55. The minimum Gasteiger partial charge on any atom is -0.494 e. The number of rotatable bonds is 8. The molecule has 38 heavy (non-hydrogen) atoms. The van der Waals surface area contributed by atoms with E-state index in [0.29, 0.717) is 37.5 Å². The summed E-state index contributed by atoms with van der Waals surface area (Å²) in [5.74, 6) is 1.13. The Morgan fingerprint density at radius 1 is 1.05 bits per heavy atom. The number of aromatic nitrogens is 3. The van der Waals surface area contributed by atoms with Gasteiger partial charge in [-0.1, -0.05) is 52.9 Å². The van der Waals surface area contributed by atoms with Gasteiger partial charge in [-0.3, -0.25) is 24.0 Å². The monoisotopic (exact) mass is 562 g/mol. The molecule has 2 heterocycles. The van der Waals surface area contributed by atoms with E-state index in [2.05, 4.69) is 0 Å². The first kappa shape index (κ1) is 25.8. The maximum atomic E-state index is 13.9. The lowest BCUT2D eigenvalue weighted by atomic mass is 10.2. The van der Waals surface area contributed by atoms with Gasteiger partial charge in [-0.2, -0.15) is 0 Å². The number of benzene rings is 3. The van der Waals surface area contributed by atoms with E-state index in [0.717, 1.165) is 22.6 Å². The molecule has 0 radical (unpaired) electrons. The van der Waals surface area contributed by atoms with Crippen LogP contribution in [0, 0.1) is 21.0 Å². The van der Waals surface area contributed by atoms with Gasteiger partial charge in [0, 0.05) is 23.6 Å². The number of thioether (sulfide) groups is 1.